The Labute approximate surface area is 101 Å². The van der Waals surface area contributed by atoms with E-state index in [-0.39, 0.29) is 0 Å². The lowest BCUT2D eigenvalue weighted by molar-refractivity contribution is 0.357. The smallest absolute Gasteiger partial charge is 0.124 e. The third kappa shape index (κ3) is 1.80. The molecule has 0 spiro atoms. The lowest BCUT2D eigenvalue weighted by Crippen LogP contribution is -2.23. The summed E-state index contributed by atoms with van der Waals surface area (Å²) in [7, 11) is 0. The van der Waals surface area contributed by atoms with Crippen LogP contribution < -0.4 is 10.1 Å². The zero-order valence-electron chi connectivity index (χ0n) is 9.26. The molecule has 2 nitrogen and oxygen atoms in total. The van der Waals surface area contributed by atoms with Gasteiger partial charge in [-0.05, 0) is 37.4 Å². The number of nitrogens with one attached hydrogen (secondary N) is 1. The monoisotopic (exact) mass is 237 g/mol. The molecule has 0 radical (unpaired) electrons. The highest BCUT2D eigenvalue weighted by Crippen LogP contribution is 2.34. The van der Waals surface area contributed by atoms with Gasteiger partial charge in [0, 0.05) is 18.0 Å². The van der Waals surface area contributed by atoms with Crippen molar-refractivity contribution >= 4 is 11.6 Å². The Morgan fingerprint density at radius 2 is 2.38 bits per heavy atom. The molecule has 86 valence electrons. The van der Waals surface area contributed by atoms with Crippen molar-refractivity contribution in [3.05, 3.63) is 28.3 Å². The zero-order chi connectivity index (χ0) is 11.0. The third-order valence-corrected chi connectivity index (χ3v) is 3.99. The summed E-state index contributed by atoms with van der Waals surface area (Å²) in [6, 6.07) is 4.79. The number of benzene rings is 1. The SMILES string of the molecule is Clc1c(CC2CCCN2)ccc2c1CCO2. The first-order valence-corrected chi connectivity index (χ1v) is 6.39. The average Bonchev–Trinajstić information content (AvgIpc) is 2.93. The standard InChI is InChI=1S/C13H16ClNO/c14-13-9(8-10-2-1-6-15-10)3-4-12-11(13)5-7-16-12/h3-4,10,15H,1-2,5-8H2. The van der Waals surface area contributed by atoms with Gasteiger partial charge in [0.2, 0.25) is 0 Å². The van der Waals surface area contributed by atoms with E-state index >= 15 is 0 Å². The molecule has 3 heteroatoms. The highest BCUT2D eigenvalue weighted by Gasteiger charge is 2.21. The molecule has 1 atom stereocenters. The van der Waals surface area contributed by atoms with Crippen LogP contribution in [0.15, 0.2) is 12.1 Å². The number of ether oxygens (including phenoxy) is 1. The van der Waals surface area contributed by atoms with Gasteiger partial charge in [-0.2, -0.15) is 0 Å². The van der Waals surface area contributed by atoms with Crippen LogP contribution >= 0.6 is 11.6 Å². The fraction of sp³-hybridized carbons (Fsp3) is 0.538. The minimum absolute atomic E-state index is 0.609. The molecule has 0 amide bonds. The Morgan fingerprint density at radius 1 is 1.44 bits per heavy atom. The van der Waals surface area contributed by atoms with Crippen molar-refractivity contribution in [2.45, 2.75) is 31.7 Å². The van der Waals surface area contributed by atoms with E-state index in [1.807, 2.05) is 0 Å². The van der Waals surface area contributed by atoms with E-state index in [1.165, 1.54) is 24.0 Å². The number of halogens is 1. The highest BCUT2D eigenvalue weighted by molar-refractivity contribution is 6.32. The molecule has 0 aromatic heterocycles. The number of hydrogen-bond donors (Lipinski definition) is 1. The van der Waals surface area contributed by atoms with Crippen LogP contribution in [0.3, 0.4) is 0 Å². The summed E-state index contributed by atoms with van der Waals surface area (Å²) in [6.45, 7) is 1.93. The van der Waals surface area contributed by atoms with Crippen LogP contribution in [0.2, 0.25) is 5.02 Å². The quantitative estimate of drug-likeness (QED) is 0.854. The van der Waals surface area contributed by atoms with Crippen LogP contribution in [0.4, 0.5) is 0 Å². The van der Waals surface area contributed by atoms with E-state index in [0.717, 1.165) is 36.8 Å². The molecule has 1 aromatic rings. The Morgan fingerprint density at radius 3 is 3.19 bits per heavy atom. The fourth-order valence-corrected chi connectivity index (χ4v) is 2.97. The summed E-state index contributed by atoms with van der Waals surface area (Å²) in [5.41, 5.74) is 2.47. The third-order valence-electron chi connectivity index (χ3n) is 3.52. The lowest BCUT2D eigenvalue weighted by Gasteiger charge is -2.13. The fourth-order valence-electron chi connectivity index (χ4n) is 2.64. The molecule has 1 N–H and O–H groups in total. The van der Waals surface area contributed by atoms with Crippen molar-refractivity contribution in [3.63, 3.8) is 0 Å². The summed E-state index contributed by atoms with van der Waals surface area (Å²) < 4.78 is 5.50. The highest BCUT2D eigenvalue weighted by atomic mass is 35.5. The van der Waals surface area contributed by atoms with E-state index in [4.69, 9.17) is 16.3 Å². The summed E-state index contributed by atoms with van der Waals surface area (Å²) >= 11 is 6.42. The zero-order valence-corrected chi connectivity index (χ0v) is 10.0. The molecular weight excluding hydrogens is 222 g/mol. The van der Waals surface area contributed by atoms with Crippen molar-refractivity contribution in [2.75, 3.05) is 13.2 Å². The van der Waals surface area contributed by atoms with Crippen LogP contribution in [0.1, 0.15) is 24.0 Å². The minimum atomic E-state index is 0.609. The van der Waals surface area contributed by atoms with Gasteiger partial charge in [-0.3, -0.25) is 0 Å². The lowest BCUT2D eigenvalue weighted by atomic mass is 10.0. The maximum Gasteiger partial charge on any atom is 0.124 e. The molecule has 16 heavy (non-hydrogen) atoms. The first-order chi connectivity index (χ1) is 7.84. The topological polar surface area (TPSA) is 21.3 Å². The maximum absolute atomic E-state index is 6.42. The summed E-state index contributed by atoms with van der Waals surface area (Å²) in [5, 5.41) is 4.44. The van der Waals surface area contributed by atoms with Gasteiger partial charge in [0.25, 0.3) is 0 Å². The largest absolute Gasteiger partial charge is 0.493 e. The van der Waals surface area contributed by atoms with E-state index < -0.39 is 0 Å². The van der Waals surface area contributed by atoms with Crippen molar-refractivity contribution in [1.29, 1.82) is 0 Å². The molecule has 1 fully saturated rings. The van der Waals surface area contributed by atoms with E-state index in [0.29, 0.717) is 6.04 Å². The Hall–Kier alpha value is -0.730. The molecular formula is C13H16ClNO. The van der Waals surface area contributed by atoms with Gasteiger partial charge < -0.3 is 10.1 Å². The van der Waals surface area contributed by atoms with Gasteiger partial charge in [0.1, 0.15) is 5.75 Å². The molecule has 2 aliphatic rings. The van der Waals surface area contributed by atoms with Crippen LogP contribution in [-0.2, 0) is 12.8 Å². The Balaban J connectivity index is 1.84. The second kappa shape index (κ2) is 4.27. The Kier molecular flexibility index (Phi) is 2.78. The van der Waals surface area contributed by atoms with Crippen molar-refractivity contribution < 1.29 is 4.74 Å². The molecule has 1 unspecified atom stereocenters. The van der Waals surface area contributed by atoms with Crippen molar-refractivity contribution in [2.24, 2.45) is 0 Å². The van der Waals surface area contributed by atoms with E-state index in [1.54, 1.807) is 0 Å². The molecule has 2 aliphatic heterocycles. The number of hydrogen-bond acceptors (Lipinski definition) is 2. The molecule has 2 heterocycles. The van der Waals surface area contributed by atoms with Crippen LogP contribution in [-0.4, -0.2) is 19.2 Å². The van der Waals surface area contributed by atoms with Crippen molar-refractivity contribution in [3.8, 4) is 5.75 Å². The summed E-state index contributed by atoms with van der Waals surface area (Å²) in [6.07, 6.45) is 4.56. The minimum Gasteiger partial charge on any atom is -0.493 e. The number of fused-ring (bicyclic) bond motifs is 1. The van der Waals surface area contributed by atoms with E-state index in [9.17, 15) is 0 Å². The van der Waals surface area contributed by atoms with Gasteiger partial charge in [-0.15, -0.1) is 0 Å². The Bertz CT molecular complexity index is 399. The van der Waals surface area contributed by atoms with Gasteiger partial charge in [0.15, 0.2) is 0 Å². The summed E-state index contributed by atoms with van der Waals surface area (Å²) in [5.74, 6) is 0.980. The molecule has 1 saturated heterocycles. The predicted molar refractivity (Wildman–Crippen MR) is 65.4 cm³/mol. The maximum atomic E-state index is 6.42. The van der Waals surface area contributed by atoms with Crippen LogP contribution in [0.25, 0.3) is 0 Å². The van der Waals surface area contributed by atoms with Crippen LogP contribution in [0.5, 0.6) is 5.75 Å². The molecule has 0 saturated carbocycles. The first-order valence-electron chi connectivity index (χ1n) is 6.01. The molecule has 3 rings (SSSR count). The van der Waals surface area contributed by atoms with Gasteiger partial charge >= 0.3 is 0 Å². The predicted octanol–water partition coefficient (Wildman–Crippen LogP) is 2.57. The normalized spacial score (nSPS) is 23.2. The van der Waals surface area contributed by atoms with Crippen molar-refractivity contribution in [1.82, 2.24) is 5.32 Å². The number of rotatable bonds is 2. The van der Waals surface area contributed by atoms with E-state index in [2.05, 4.69) is 17.4 Å². The second-order valence-corrected chi connectivity index (χ2v) is 4.99. The molecule has 0 bridgehead atoms. The molecule has 0 aliphatic carbocycles. The second-order valence-electron chi connectivity index (χ2n) is 4.61. The van der Waals surface area contributed by atoms with Crippen LogP contribution in [0, 0.1) is 0 Å². The average molecular weight is 238 g/mol. The molecule has 1 aromatic carbocycles. The van der Waals surface area contributed by atoms with Gasteiger partial charge in [0.05, 0.1) is 11.6 Å². The van der Waals surface area contributed by atoms with Gasteiger partial charge in [-0.25, -0.2) is 0 Å². The first kappa shape index (κ1) is 10.4. The van der Waals surface area contributed by atoms with Gasteiger partial charge in [-0.1, -0.05) is 17.7 Å². The summed E-state index contributed by atoms with van der Waals surface area (Å²) in [4.78, 5) is 0.